The third kappa shape index (κ3) is 4.12. The van der Waals surface area contributed by atoms with Gasteiger partial charge < -0.3 is 5.32 Å². The second kappa shape index (κ2) is 4.45. The molecule has 1 fully saturated rings. The number of hydrogen-bond donors (Lipinski definition) is 1. The van der Waals surface area contributed by atoms with Crippen molar-refractivity contribution in [2.24, 2.45) is 5.92 Å². The molecule has 0 amide bonds. The third-order valence-electron chi connectivity index (χ3n) is 2.87. The molecule has 78 valence electrons. The molecule has 1 heteroatoms. The molecule has 1 aliphatic carbocycles. The van der Waals surface area contributed by atoms with Crippen molar-refractivity contribution in [3.63, 3.8) is 0 Å². The Hall–Kier alpha value is -0.0400. The molecule has 0 unspecified atom stereocenters. The molecule has 0 bridgehead atoms. The second-order valence-corrected chi connectivity index (χ2v) is 5.61. The Morgan fingerprint density at radius 2 is 1.77 bits per heavy atom. The van der Waals surface area contributed by atoms with Gasteiger partial charge in [-0.15, -0.1) is 0 Å². The van der Waals surface area contributed by atoms with Crippen molar-refractivity contribution in [2.45, 2.75) is 71.4 Å². The van der Waals surface area contributed by atoms with Crippen molar-refractivity contribution in [2.75, 3.05) is 0 Å². The largest absolute Gasteiger partial charge is 0.309 e. The first-order valence-electron chi connectivity index (χ1n) is 5.77. The van der Waals surface area contributed by atoms with E-state index in [-0.39, 0.29) is 0 Å². The minimum atomic E-state index is 0.336. The van der Waals surface area contributed by atoms with Crippen molar-refractivity contribution in [3.05, 3.63) is 0 Å². The van der Waals surface area contributed by atoms with Crippen LogP contribution in [-0.2, 0) is 0 Å². The Bertz CT molecular complexity index is 143. The summed E-state index contributed by atoms with van der Waals surface area (Å²) in [4.78, 5) is 0. The van der Waals surface area contributed by atoms with Gasteiger partial charge in [-0.05, 0) is 39.0 Å². The van der Waals surface area contributed by atoms with Gasteiger partial charge in [0.2, 0.25) is 0 Å². The van der Waals surface area contributed by atoms with Gasteiger partial charge in [-0.1, -0.05) is 26.7 Å². The summed E-state index contributed by atoms with van der Waals surface area (Å²) in [5, 5.41) is 3.79. The highest BCUT2D eigenvalue weighted by atomic mass is 15.0. The zero-order valence-corrected chi connectivity index (χ0v) is 9.69. The third-order valence-corrected chi connectivity index (χ3v) is 2.87. The SMILES string of the molecule is CC(C)CC(C)(C)NC1CCCC1. The summed E-state index contributed by atoms with van der Waals surface area (Å²) < 4.78 is 0. The van der Waals surface area contributed by atoms with Crippen LogP contribution in [-0.4, -0.2) is 11.6 Å². The van der Waals surface area contributed by atoms with Crippen LogP contribution in [0.1, 0.15) is 59.8 Å². The van der Waals surface area contributed by atoms with Crippen LogP contribution in [0.15, 0.2) is 0 Å². The molecule has 0 aromatic heterocycles. The Balaban J connectivity index is 2.31. The Morgan fingerprint density at radius 1 is 1.23 bits per heavy atom. The number of rotatable bonds is 4. The first-order valence-corrected chi connectivity index (χ1v) is 5.77. The molecule has 1 N–H and O–H groups in total. The van der Waals surface area contributed by atoms with E-state index < -0.39 is 0 Å². The highest BCUT2D eigenvalue weighted by Crippen LogP contribution is 2.23. The van der Waals surface area contributed by atoms with Crippen molar-refractivity contribution >= 4 is 0 Å². The van der Waals surface area contributed by atoms with Gasteiger partial charge in [0.05, 0.1) is 0 Å². The van der Waals surface area contributed by atoms with Gasteiger partial charge >= 0.3 is 0 Å². The topological polar surface area (TPSA) is 12.0 Å². The van der Waals surface area contributed by atoms with Gasteiger partial charge in [-0.2, -0.15) is 0 Å². The lowest BCUT2D eigenvalue weighted by molar-refractivity contribution is 0.283. The van der Waals surface area contributed by atoms with Crippen LogP contribution in [0.25, 0.3) is 0 Å². The highest BCUT2D eigenvalue weighted by Gasteiger charge is 2.24. The van der Waals surface area contributed by atoms with Gasteiger partial charge in [0.15, 0.2) is 0 Å². The fraction of sp³-hybridized carbons (Fsp3) is 1.00. The van der Waals surface area contributed by atoms with Crippen molar-refractivity contribution in [1.82, 2.24) is 5.32 Å². The van der Waals surface area contributed by atoms with Gasteiger partial charge in [0.25, 0.3) is 0 Å². The van der Waals surface area contributed by atoms with Crippen LogP contribution < -0.4 is 5.32 Å². The van der Waals surface area contributed by atoms with Crippen molar-refractivity contribution in [3.8, 4) is 0 Å². The summed E-state index contributed by atoms with van der Waals surface area (Å²) >= 11 is 0. The van der Waals surface area contributed by atoms with Crippen LogP contribution in [0.5, 0.6) is 0 Å². The maximum Gasteiger partial charge on any atom is 0.0130 e. The maximum atomic E-state index is 3.79. The lowest BCUT2D eigenvalue weighted by atomic mass is 9.92. The molecule has 0 heterocycles. The minimum Gasteiger partial charge on any atom is -0.309 e. The van der Waals surface area contributed by atoms with Crippen LogP contribution in [0.3, 0.4) is 0 Å². The van der Waals surface area contributed by atoms with Crippen LogP contribution >= 0.6 is 0 Å². The Labute approximate surface area is 83.3 Å². The van der Waals surface area contributed by atoms with Crippen LogP contribution in [0.4, 0.5) is 0 Å². The van der Waals surface area contributed by atoms with E-state index in [1.54, 1.807) is 0 Å². The average molecular weight is 183 g/mol. The standard InChI is InChI=1S/C12H25N/c1-10(2)9-12(3,4)13-11-7-5-6-8-11/h10-11,13H,5-9H2,1-4H3. The van der Waals surface area contributed by atoms with Gasteiger partial charge in [-0.25, -0.2) is 0 Å². The summed E-state index contributed by atoms with van der Waals surface area (Å²) in [5.74, 6) is 0.795. The smallest absolute Gasteiger partial charge is 0.0130 e. The van der Waals surface area contributed by atoms with Crippen LogP contribution in [0.2, 0.25) is 0 Å². The van der Waals surface area contributed by atoms with Gasteiger partial charge in [-0.3, -0.25) is 0 Å². The first kappa shape index (κ1) is 11.0. The predicted octanol–water partition coefficient (Wildman–Crippen LogP) is 3.34. The molecule has 0 spiro atoms. The van der Waals surface area contributed by atoms with E-state index in [0.717, 1.165) is 12.0 Å². The molecule has 1 aliphatic rings. The highest BCUT2D eigenvalue weighted by molar-refractivity contribution is 4.85. The zero-order chi connectivity index (χ0) is 9.90. The summed E-state index contributed by atoms with van der Waals surface area (Å²) in [6.45, 7) is 9.28. The maximum absolute atomic E-state index is 3.79. The molecule has 0 atom stereocenters. The normalized spacial score (nSPS) is 20.1. The Kier molecular flexibility index (Phi) is 3.78. The predicted molar refractivity (Wildman–Crippen MR) is 58.9 cm³/mol. The number of nitrogens with one attached hydrogen (secondary N) is 1. The minimum absolute atomic E-state index is 0.336. The molecule has 0 aliphatic heterocycles. The molecule has 1 rings (SSSR count). The zero-order valence-electron chi connectivity index (χ0n) is 9.69. The monoisotopic (exact) mass is 183 g/mol. The molecular weight excluding hydrogens is 158 g/mol. The lowest BCUT2D eigenvalue weighted by Crippen LogP contribution is -2.45. The average Bonchev–Trinajstić information content (AvgIpc) is 2.34. The summed E-state index contributed by atoms with van der Waals surface area (Å²) in [6, 6.07) is 0.800. The number of hydrogen-bond acceptors (Lipinski definition) is 1. The summed E-state index contributed by atoms with van der Waals surface area (Å²) in [7, 11) is 0. The summed E-state index contributed by atoms with van der Waals surface area (Å²) in [5.41, 5.74) is 0.336. The van der Waals surface area contributed by atoms with Crippen molar-refractivity contribution < 1.29 is 0 Å². The van der Waals surface area contributed by atoms with E-state index in [1.807, 2.05) is 0 Å². The molecule has 0 radical (unpaired) electrons. The first-order chi connectivity index (χ1) is 5.99. The van der Waals surface area contributed by atoms with Crippen LogP contribution in [0, 0.1) is 5.92 Å². The molecule has 0 aromatic carbocycles. The van der Waals surface area contributed by atoms with E-state index in [2.05, 4.69) is 33.0 Å². The van der Waals surface area contributed by atoms with Gasteiger partial charge in [0, 0.05) is 11.6 Å². The molecule has 0 aromatic rings. The van der Waals surface area contributed by atoms with Gasteiger partial charge in [0.1, 0.15) is 0 Å². The lowest BCUT2D eigenvalue weighted by Gasteiger charge is -2.31. The molecular formula is C12H25N. The van der Waals surface area contributed by atoms with E-state index in [4.69, 9.17) is 0 Å². The van der Waals surface area contributed by atoms with E-state index in [0.29, 0.717) is 5.54 Å². The molecule has 1 saturated carbocycles. The second-order valence-electron chi connectivity index (χ2n) is 5.61. The van der Waals surface area contributed by atoms with E-state index in [9.17, 15) is 0 Å². The molecule has 0 saturated heterocycles. The fourth-order valence-corrected chi connectivity index (χ4v) is 2.70. The Morgan fingerprint density at radius 3 is 2.23 bits per heavy atom. The molecule has 1 nitrogen and oxygen atoms in total. The molecule has 13 heavy (non-hydrogen) atoms. The van der Waals surface area contributed by atoms with E-state index in [1.165, 1.54) is 32.1 Å². The summed E-state index contributed by atoms with van der Waals surface area (Å²) in [6.07, 6.45) is 6.91. The quantitative estimate of drug-likeness (QED) is 0.705. The van der Waals surface area contributed by atoms with E-state index >= 15 is 0 Å². The van der Waals surface area contributed by atoms with Crippen molar-refractivity contribution in [1.29, 1.82) is 0 Å². The fourth-order valence-electron chi connectivity index (χ4n) is 2.70.